The summed E-state index contributed by atoms with van der Waals surface area (Å²) in [5.74, 6) is 1.83. The van der Waals surface area contributed by atoms with Crippen LogP contribution in [0, 0.1) is 0 Å². The van der Waals surface area contributed by atoms with Crippen molar-refractivity contribution in [2.45, 2.75) is 13.2 Å². The predicted molar refractivity (Wildman–Crippen MR) is 76.0 cm³/mol. The van der Waals surface area contributed by atoms with Crippen LogP contribution >= 0.6 is 0 Å². The monoisotopic (exact) mass is 274 g/mol. The molecule has 0 saturated heterocycles. The molecule has 0 radical (unpaired) electrons. The second-order valence-corrected chi connectivity index (χ2v) is 4.09. The van der Waals surface area contributed by atoms with Gasteiger partial charge in [0.15, 0.2) is 11.5 Å². The van der Waals surface area contributed by atoms with E-state index >= 15 is 0 Å². The van der Waals surface area contributed by atoms with E-state index in [2.05, 4.69) is 4.98 Å². The third-order valence-electron chi connectivity index (χ3n) is 2.93. The van der Waals surface area contributed by atoms with E-state index in [-0.39, 0.29) is 0 Å². The largest absolute Gasteiger partial charge is 0.493 e. The second kappa shape index (κ2) is 6.77. The van der Waals surface area contributed by atoms with Gasteiger partial charge in [-0.2, -0.15) is 0 Å². The minimum absolute atomic E-state index is 0.358. The van der Waals surface area contributed by atoms with Crippen LogP contribution in [0.25, 0.3) is 0 Å². The number of ether oxygens (including phenoxy) is 3. The summed E-state index contributed by atoms with van der Waals surface area (Å²) in [6.45, 7) is 0.736. The van der Waals surface area contributed by atoms with Crippen LogP contribution in [0.3, 0.4) is 0 Å². The summed E-state index contributed by atoms with van der Waals surface area (Å²) in [6.07, 6.45) is 1.72. The minimum Gasteiger partial charge on any atom is -0.493 e. The Balaban J connectivity index is 2.22. The van der Waals surface area contributed by atoms with Crippen LogP contribution in [0.5, 0.6) is 17.2 Å². The molecule has 0 aliphatic heterocycles. The summed E-state index contributed by atoms with van der Waals surface area (Å²) in [5, 5.41) is 0. The lowest BCUT2D eigenvalue weighted by atomic mass is 10.2. The van der Waals surface area contributed by atoms with E-state index < -0.39 is 0 Å². The average molecular weight is 274 g/mol. The molecule has 5 heteroatoms. The third kappa shape index (κ3) is 3.00. The van der Waals surface area contributed by atoms with Gasteiger partial charge in [-0.25, -0.2) is 0 Å². The summed E-state index contributed by atoms with van der Waals surface area (Å²) in [6, 6.07) is 9.30. The number of hydrogen-bond donors (Lipinski definition) is 1. The lowest BCUT2D eigenvalue weighted by Crippen LogP contribution is -2.07. The summed E-state index contributed by atoms with van der Waals surface area (Å²) in [7, 11) is 3.19. The molecule has 2 rings (SSSR count). The molecule has 0 unspecified atom stereocenters. The SMILES string of the molecule is COc1cccc(OC)c1OCc1cccnc1CN. The van der Waals surface area contributed by atoms with Crippen molar-refractivity contribution in [3.05, 3.63) is 47.8 Å². The van der Waals surface area contributed by atoms with E-state index in [1.807, 2.05) is 30.3 Å². The molecule has 0 fully saturated rings. The highest BCUT2D eigenvalue weighted by Gasteiger charge is 2.12. The van der Waals surface area contributed by atoms with Crippen molar-refractivity contribution in [2.75, 3.05) is 14.2 Å². The number of nitrogens with zero attached hydrogens (tertiary/aromatic N) is 1. The molecule has 0 bridgehead atoms. The van der Waals surface area contributed by atoms with Gasteiger partial charge >= 0.3 is 0 Å². The van der Waals surface area contributed by atoms with Crippen LogP contribution in [-0.2, 0) is 13.2 Å². The summed E-state index contributed by atoms with van der Waals surface area (Å²) in [4.78, 5) is 4.23. The van der Waals surface area contributed by atoms with Gasteiger partial charge in [0.1, 0.15) is 6.61 Å². The Hall–Kier alpha value is -2.27. The highest BCUT2D eigenvalue weighted by Crippen LogP contribution is 2.37. The van der Waals surface area contributed by atoms with Gasteiger partial charge in [-0.05, 0) is 18.2 Å². The number of pyridine rings is 1. The number of para-hydroxylation sites is 1. The van der Waals surface area contributed by atoms with E-state index in [1.165, 1.54) is 0 Å². The molecule has 1 heterocycles. The van der Waals surface area contributed by atoms with Gasteiger partial charge in [-0.1, -0.05) is 12.1 Å². The smallest absolute Gasteiger partial charge is 0.203 e. The first kappa shape index (κ1) is 14.1. The van der Waals surface area contributed by atoms with Gasteiger partial charge in [-0.3, -0.25) is 4.98 Å². The first-order valence-corrected chi connectivity index (χ1v) is 6.26. The minimum atomic E-state index is 0.358. The third-order valence-corrected chi connectivity index (χ3v) is 2.93. The van der Waals surface area contributed by atoms with Crippen LogP contribution in [0.4, 0.5) is 0 Å². The van der Waals surface area contributed by atoms with Gasteiger partial charge in [0.25, 0.3) is 0 Å². The van der Waals surface area contributed by atoms with E-state index in [4.69, 9.17) is 19.9 Å². The Morgan fingerprint density at radius 3 is 2.35 bits per heavy atom. The molecule has 0 saturated carbocycles. The van der Waals surface area contributed by atoms with Gasteiger partial charge in [0.05, 0.1) is 19.9 Å². The fourth-order valence-electron chi connectivity index (χ4n) is 1.90. The molecule has 0 aliphatic carbocycles. The van der Waals surface area contributed by atoms with Gasteiger partial charge in [0.2, 0.25) is 5.75 Å². The topological polar surface area (TPSA) is 66.6 Å². The van der Waals surface area contributed by atoms with Crippen LogP contribution in [0.2, 0.25) is 0 Å². The quantitative estimate of drug-likeness (QED) is 0.874. The molecule has 0 amide bonds. The maximum atomic E-state index is 5.83. The van der Waals surface area contributed by atoms with Crippen LogP contribution in [-0.4, -0.2) is 19.2 Å². The second-order valence-electron chi connectivity index (χ2n) is 4.09. The Kier molecular flexibility index (Phi) is 4.79. The summed E-state index contributed by atoms with van der Waals surface area (Å²) < 4.78 is 16.4. The first-order valence-electron chi connectivity index (χ1n) is 6.26. The summed E-state index contributed by atoms with van der Waals surface area (Å²) >= 11 is 0. The Morgan fingerprint density at radius 1 is 1.05 bits per heavy atom. The average Bonchev–Trinajstić information content (AvgIpc) is 2.52. The fraction of sp³-hybridized carbons (Fsp3) is 0.267. The molecule has 2 N–H and O–H groups in total. The van der Waals surface area contributed by atoms with Crippen molar-refractivity contribution in [1.29, 1.82) is 0 Å². The highest BCUT2D eigenvalue weighted by molar-refractivity contribution is 5.51. The van der Waals surface area contributed by atoms with E-state index in [1.54, 1.807) is 20.4 Å². The molecule has 5 nitrogen and oxygen atoms in total. The number of nitrogens with two attached hydrogens (primary N) is 1. The van der Waals surface area contributed by atoms with Crippen molar-refractivity contribution >= 4 is 0 Å². The maximum Gasteiger partial charge on any atom is 0.203 e. The zero-order valence-electron chi connectivity index (χ0n) is 11.6. The van der Waals surface area contributed by atoms with Gasteiger partial charge in [-0.15, -0.1) is 0 Å². The molecule has 0 aliphatic rings. The summed E-state index contributed by atoms with van der Waals surface area (Å²) in [5.41, 5.74) is 7.43. The van der Waals surface area contributed by atoms with E-state index in [9.17, 15) is 0 Å². The van der Waals surface area contributed by atoms with Crippen molar-refractivity contribution in [3.63, 3.8) is 0 Å². The Morgan fingerprint density at radius 2 is 1.75 bits per heavy atom. The molecular weight excluding hydrogens is 256 g/mol. The number of aromatic nitrogens is 1. The zero-order valence-corrected chi connectivity index (χ0v) is 11.6. The van der Waals surface area contributed by atoms with Gasteiger partial charge < -0.3 is 19.9 Å². The molecule has 1 aromatic heterocycles. The highest BCUT2D eigenvalue weighted by atomic mass is 16.5. The molecule has 2 aromatic rings. The number of hydrogen-bond acceptors (Lipinski definition) is 5. The van der Waals surface area contributed by atoms with Crippen molar-refractivity contribution < 1.29 is 14.2 Å². The molecule has 0 atom stereocenters. The number of methoxy groups -OCH3 is 2. The molecule has 0 spiro atoms. The molecular formula is C15H18N2O3. The lowest BCUT2D eigenvalue weighted by molar-refractivity contribution is 0.264. The maximum absolute atomic E-state index is 5.83. The molecule has 106 valence electrons. The Labute approximate surface area is 118 Å². The standard InChI is InChI=1S/C15H18N2O3/c1-18-13-6-3-7-14(19-2)15(13)20-10-11-5-4-8-17-12(11)9-16/h3-8H,9-10,16H2,1-2H3. The first-order chi connectivity index (χ1) is 9.80. The predicted octanol–water partition coefficient (Wildman–Crippen LogP) is 2.14. The van der Waals surface area contributed by atoms with Crippen molar-refractivity contribution in [1.82, 2.24) is 4.98 Å². The fourth-order valence-corrected chi connectivity index (χ4v) is 1.90. The lowest BCUT2D eigenvalue weighted by Gasteiger charge is -2.15. The van der Waals surface area contributed by atoms with E-state index in [0.29, 0.717) is 30.4 Å². The van der Waals surface area contributed by atoms with Crippen molar-refractivity contribution in [3.8, 4) is 17.2 Å². The van der Waals surface area contributed by atoms with Crippen LogP contribution < -0.4 is 19.9 Å². The normalized spacial score (nSPS) is 10.2. The van der Waals surface area contributed by atoms with Crippen LogP contribution in [0.15, 0.2) is 36.5 Å². The zero-order chi connectivity index (χ0) is 14.4. The van der Waals surface area contributed by atoms with Gasteiger partial charge in [0, 0.05) is 18.3 Å². The number of rotatable bonds is 6. The number of benzene rings is 1. The van der Waals surface area contributed by atoms with Crippen LogP contribution in [0.1, 0.15) is 11.3 Å². The Bertz CT molecular complexity index is 551. The van der Waals surface area contributed by atoms with E-state index in [0.717, 1.165) is 11.3 Å². The molecule has 1 aromatic carbocycles. The van der Waals surface area contributed by atoms with Crippen molar-refractivity contribution in [2.24, 2.45) is 5.73 Å². The molecule has 20 heavy (non-hydrogen) atoms.